The fraction of sp³-hybridized carbons (Fsp3) is 0.632. The maximum atomic E-state index is 12.5. The number of carbonyl (C=O) groups is 1. The molecule has 1 fully saturated rings. The highest BCUT2D eigenvalue weighted by Crippen LogP contribution is 2.27. The molecule has 5 nitrogen and oxygen atoms in total. The van der Waals surface area contributed by atoms with E-state index in [2.05, 4.69) is 5.32 Å². The van der Waals surface area contributed by atoms with E-state index < -0.39 is 16.1 Å². The lowest BCUT2D eigenvalue weighted by molar-refractivity contribution is -0.121. The van der Waals surface area contributed by atoms with Gasteiger partial charge in [0.2, 0.25) is 15.9 Å². The smallest absolute Gasteiger partial charge is 0.243 e. The lowest BCUT2D eigenvalue weighted by Gasteiger charge is -2.28. The van der Waals surface area contributed by atoms with Crippen molar-refractivity contribution < 1.29 is 13.2 Å². The van der Waals surface area contributed by atoms with E-state index in [1.165, 1.54) is 36.4 Å². The Hall–Kier alpha value is -1.21. The molecule has 2 rings (SSSR count). The fourth-order valence-electron chi connectivity index (χ4n) is 3.35. The number of hydrogen-bond donors (Lipinski definition) is 1. The van der Waals surface area contributed by atoms with E-state index in [9.17, 15) is 13.2 Å². The third-order valence-corrected chi connectivity index (χ3v) is 7.28. The molecule has 1 saturated carbocycles. The van der Waals surface area contributed by atoms with Crippen LogP contribution in [0.25, 0.3) is 0 Å². The average Bonchev–Trinajstić information content (AvgIpc) is 2.58. The summed E-state index contributed by atoms with van der Waals surface area (Å²) in [6.07, 6.45) is 7.62. The Morgan fingerprint density at radius 1 is 1.31 bits per heavy atom. The molecule has 0 aliphatic heterocycles. The first-order valence-corrected chi connectivity index (χ1v) is 12.1. The molecule has 1 unspecified atom stereocenters. The highest BCUT2D eigenvalue weighted by atomic mass is 32.2. The molecule has 1 atom stereocenters. The largest absolute Gasteiger partial charge is 0.353 e. The quantitative estimate of drug-likeness (QED) is 0.682. The number of anilines is 1. The standard InChI is InChI=1S/C19H30N2O3S2/c1-15-8-7-9-17(14-15)21(26(3,23)24)16(2)19(22)20-12-13-25-18-10-5-4-6-11-18/h7-9,14,16,18H,4-6,10-13H2,1-3H3,(H,20,22). The number of benzene rings is 1. The van der Waals surface area contributed by atoms with Crippen LogP contribution in [0.4, 0.5) is 5.69 Å². The minimum absolute atomic E-state index is 0.263. The van der Waals surface area contributed by atoms with E-state index in [0.717, 1.165) is 17.6 Å². The number of hydrogen-bond acceptors (Lipinski definition) is 4. The lowest BCUT2D eigenvalue weighted by Crippen LogP contribution is -2.48. The maximum absolute atomic E-state index is 12.5. The molecule has 0 saturated heterocycles. The highest BCUT2D eigenvalue weighted by molar-refractivity contribution is 7.99. The second-order valence-electron chi connectivity index (χ2n) is 7.00. The van der Waals surface area contributed by atoms with Crippen molar-refractivity contribution in [1.82, 2.24) is 5.32 Å². The van der Waals surface area contributed by atoms with E-state index >= 15 is 0 Å². The number of nitrogens with one attached hydrogen (secondary N) is 1. The number of carbonyl (C=O) groups excluding carboxylic acids is 1. The molecule has 0 radical (unpaired) electrons. The van der Waals surface area contributed by atoms with Gasteiger partial charge in [-0.05, 0) is 44.4 Å². The zero-order valence-corrected chi connectivity index (χ0v) is 17.5. The molecule has 1 aromatic rings. The van der Waals surface area contributed by atoms with Crippen molar-refractivity contribution in [1.29, 1.82) is 0 Å². The van der Waals surface area contributed by atoms with Crippen LogP contribution in [0.5, 0.6) is 0 Å². The number of thioether (sulfide) groups is 1. The van der Waals surface area contributed by atoms with Crippen LogP contribution in [-0.4, -0.2) is 44.2 Å². The van der Waals surface area contributed by atoms with Gasteiger partial charge in [0.15, 0.2) is 0 Å². The molecular formula is C19H30N2O3S2. The molecule has 1 N–H and O–H groups in total. The first kappa shape index (κ1) is 21.1. The van der Waals surface area contributed by atoms with E-state index in [-0.39, 0.29) is 5.91 Å². The van der Waals surface area contributed by atoms with Crippen LogP contribution in [0.1, 0.15) is 44.6 Å². The molecule has 1 aromatic carbocycles. The normalized spacial score (nSPS) is 16.9. The molecule has 1 aliphatic carbocycles. The van der Waals surface area contributed by atoms with E-state index in [0.29, 0.717) is 17.5 Å². The fourth-order valence-corrected chi connectivity index (χ4v) is 5.74. The van der Waals surface area contributed by atoms with E-state index in [1.807, 2.05) is 24.8 Å². The predicted octanol–water partition coefficient (Wildman–Crippen LogP) is 3.33. The van der Waals surface area contributed by atoms with Gasteiger partial charge in [-0.15, -0.1) is 0 Å². The number of rotatable bonds is 8. The Morgan fingerprint density at radius 2 is 2.00 bits per heavy atom. The summed E-state index contributed by atoms with van der Waals surface area (Å²) in [7, 11) is -3.56. The SMILES string of the molecule is Cc1cccc(N(C(C)C(=O)NCCSC2CCCCC2)S(C)(=O)=O)c1. The van der Waals surface area contributed by atoms with Crippen molar-refractivity contribution in [2.24, 2.45) is 0 Å². The minimum atomic E-state index is -3.56. The second-order valence-corrected chi connectivity index (χ2v) is 10.3. The van der Waals surface area contributed by atoms with Crippen molar-refractivity contribution in [3.8, 4) is 0 Å². The van der Waals surface area contributed by atoms with E-state index in [4.69, 9.17) is 0 Å². The third-order valence-electron chi connectivity index (χ3n) is 4.65. The number of sulfonamides is 1. The third kappa shape index (κ3) is 6.20. The summed E-state index contributed by atoms with van der Waals surface area (Å²) < 4.78 is 25.7. The summed E-state index contributed by atoms with van der Waals surface area (Å²) in [5.74, 6) is 0.605. The topological polar surface area (TPSA) is 66.5 Å². The van der Waals surface area contributed by atoms with Crippen LogP contribution in [0.3, 0.4) is 0 Å². The lowest BCUT2D eigenvalue weighted by atomic mass is 10.0. The zero-order chi connectivity index (χ0) is 19.2. The molecule has 7 heteroatoms. The van der Waals surface area contributed by atoms with Crippen molar-refractivity contribution in [3.63, 3.8) is 0 Å². The monoisotopic (exact) mass is 398 g/mol. The molecular weight excluding hydrogens is 368 g/mol. The Balaban J connectivity index is 1.92. The van der Waals surface area contributed by atoms with Gasteiger partial charge in [0.05, 0.1) is 11.9 Å². The van der Waals surface area contributed by atoms with Gasteiger partial charge in [0, 0.05) is 17.5 Å². The van der Waals surface area contributed by atoms with Crippen LogP contribution in [-0.2, 0) is 14.8 Å². The number of amides is 1. The van der Waals surface area contributed by atoms with E-state index in [1.54, 1.807) is 25.1 Å². The van der Waals surface area contributed by atoms with Crippen LogP contribution in [0.2, 0.25) is 0 Å². The number of aryl methyl sites for hydroxylation is 1. The van der Waals surface area contributed by atoms with Gasteiger partial charge in [0.25, 0.3) is 0 Å². The summed E-state index contributed by atoms with van der Waals surface area (Å²) in [6.45, 7) is 4.10. The molecule has 0 spiro atoms. The van der Waals surface area contributed by atoms with Crippen molar-refractivity contribution in [2.75, 3.05) is 22.9 Å². The van der Waals surface area contributed by atoms with Crippen molar-refractivity contribution >= 4 is 33.4 Å². The molecule has 1 amide bonds. The van der Waals surface area contributed by atoms with Crippen molar-refractivity contribution in [3.05, 3.63) is 29.8 Å². The first-order chi connectivity index (χ1) is 12.3. The molecule has 0 aromatic heterocycles. The van der Waals surface area contributed by atoms with Crippen molar-refractivity contribution in [2.45, 2.75) is 57.2 Å². The Kier molecular flexibility index (Phi) is 7.83. The Morgan fingerprint density at radius 3 is 2.62 bits per heavy atom. The van der Waals surface area contributed by atoms with Gasteiger partial charge in [0.1, 0.15) is 6.04 Å². The maximum Gasteiger partial charge on any atom is 0.243 e. The van der Waals surface area contributed by atoms with Crippen LogP contribution >= 0.6 is 11.8 Å². The molecule has 26 heavy (non-hydrogen) atoms. The summed E-state index contributed by atoms with van der Waals surface area (Å²) in [5, 5.41) is 3.60. The molecule has 146 valence electrons. The predicted molar refractivity (Wildman–Crippen MR) is 110 cm³/mol. The summed E-state index contributed by atoms with van der Waals surface area (Å²) >= 11 is 1.92. The molecule has 1 aliphatic rings. The summed E-state index contributed by atoms with van der Waals surface area (Å²) in [5.41, 5.74) is 1.47. The second kappa shape index (κ2) is 9.65. The molecule has 0 heterocycles. The van der Waals surface area contributed by atoms with Gasteiger partial charge in [-0.2, -0.15) is 11.8 Å². The van der Waals surface area contributed by atoms with Gasteiger partial charge in [-0.25, -0.2) is 8.42 Å². The Bertz CT molecular complexity index is 700. The van der Waals surface area contributed by atoms with Gasteiger partial charge in [-0.1, -0.05) is 31.4 Å². The van der Waals surface area contributed by atoms with Gasteiger partial charge in [-0.3, -0.25) is 9.10 Å². The van der Waals surface area contributed by atoms with Crippen LogP contribution < -0.4 is 9.62 Å². The zero-order valence-electron chi connectivity index (χ0n) is 15.9. The average molecular weight is 399 g/mol. The summed E-state index contributed by atoms with van der Waals surface area (Å²) in [6, 6.07) is 6.41. The molecule has 0 bridgehead atoms. The van der Waals surface area contributed by atoms with Crippen LogP contribution in [0, 0.1) is 6.92 Å². The van der Waals surface area contributed by atoms with Gasteiger partial charge < -0.3 is 5.32 Å². The van der Waals surface area contributed by atoms with Gasteiger partial charge >= 0.3 is 0 Å². The first-order valence-electron chi connectivity index (χ1n) is 9.24. The number of nitrogens with zero attached hydrogens (tertiary/aromatic N) is 1. The highest BCUT2D eigenvalue weighted by Gasteiger charge is 2.29. The Labute approximate surface area is 162 Å². The summed E-state index contributed by atoms with van der Waals surface area (Å²) in [4.78, 5) is 12.5. The van der Waals surface area contributed by atoms with Crippen LogP contribution in [0.15, 0.2) is 24.3 Å². The minimum Gasteiger partial charge on any atom is -0.353 e.